The van der Waals surface area contributed by atoms with E-state index in [9.17, 15) is 9.59 Å². The van der Waals surface area contributed by atoms with Crippen molar-refractivity contribution in [1.82, 2.24) is 5.32 Å². The number of hydrogen-bond donors (Lipinski definition) is 1. The largest absolute Gasteiger partial charge is 0.466 e. The number of carbonyl (C=O) groups excluding carboxylic acids is 2. The van der Waals surface area contributed by atoms with E-state index in [0.29, 0.717) is 18.0 Å². The second kappa shape index (κ2) is 7.00. The Morgan fingerprint density at radius 3 is 2.94 bits per heavy atom. The summed E-state index contributed by atoms with van der Waals surface area (Å²) in [7, 11) is 0. The molecule has 1 heterocycles. The van der Waals surface area contributed by atoms with Crippen LogP contribution in [0.4, 0.5) is 0 Å². The fraction of sp³-hybridized carbons (Fsp3) is 0.455. The van der Waals surface area contributed by atoms with Gasteiger partial charge in [0.25, 0.3) is 5.91 Å². The Bertz CT molecular complexity index is 335. The Morgan fingerprint density at radius 2 is 2.31 bits per heavy atom. The van der Waals surface area contributed by atoms with E-state index >= 15 is 0 Å². The van der Waals surface area contributed by atoms with Gasteiger partial charge in [-0.25, -0.2) is 0 Å². The lowest BCUT2D eigenvalue weighted by atomic mass is 10.4. The summed E-state index contributed by atoms with van der Waals surface area (Å²) in [4.78, 5) is 23.2. The summed E-state index contributed by atoms with van der Waals surface area (Å²) in [5.41, 5.74) is 0. The quantitative estimate of drug-likeness (QED) is 0.773. The van der Waals surface area contributed by atoms with Crippen LogP contribution < -0.4 is 5.32 Å². The van der Waals surface area contributed by atoms with Gasteiger partial charge in [-0.15, -0.1) is 11.3 Å². The molecule has 0 aliphatic rings. The Balaban J connectivity index is 2.16. The molecule has 1 rings (SSSR count). The van der Waals surface area contributed by atoms with Gasteiger partial charge in [-0.1, -0.05) is 13.0 Å². The van der Waals surface area contributed by atoms with Crippen LogP contribution in [0.15, 0.2) is 17.5 Å². The highest BCUT2D eigenvalue weighted by atomic mass is 32.1. The van der Waals surface area contributed by atoms with Gasteiger partial charge in [-0.05, 0) is 17.9 Å². The molecule has 0 aliphatic carbocycles. The lowest BCUT2D eigenvalue weighted by Crippen LogP contribution is -2.25. The molecule has 0 aliphatic heterocycles. The molecule has 0 fully saturated rings. The standard InChI is InChI=1S/C11H15NO3S/c1-2-7-15-10(13)5-6-12-11(14)9-4-3-8-16-9/h3-4,8H,2,5-7H2,1H3,(H,12,14). The molecule has 5 heteroatoms. The molecule has 88 valence electrons. The van der Waals surface area contributed by atoms with Crippen LogP contribution in [-0.4, -0.2) is 25.0 Å². The molecule has 1 N–H and O–H groups in total. The first-order valence-corrected chi connectivity index (χ1v) is 6.09. The molecule has 0 spiro atoms. The van der Waals surface area contributed by atoms with Crippen LogP contribution in [-0.2, 0) is 9.53 Å². The van der Waals surface area contributed by atoms with Crippen molar-refractivity contribution < 1.29 is 14.3 Å². The Hall–Kier alpha value is -1.36. The highest BCUT2D eigenvalue weighted by molar-refractivity contribution is 7.12. The number of ether oxygens (including phenoxy) is 1. The van der Waals surface area contributed by atoms with Gasteiger partial charge < -0.3 is 10.1 Å². The van der Waals surface area contributed by atoms with Gasteiger partial charge in [0.1, 0.15) is 0 Å². The summed E-state index contributed by atoms with van der Waals surface area (Å²) < 4.78 is 4.88. The highest BCUT2D eigenvalue weighted by Gasteiger charge is 2.07. The van der Waals surface area contributed by atoms with Crippen molar-refractivity contribution in [2.75, 3.05) is 13.2 Å². The van der Waals surface area contributed by atoms with Gasteiger partial charge in [-0.3, -0.25) is 9.59 Å². The van der Waals surface area contributed by atoms with Crippen LogP contribution in [0.5, 0.6) is 0 Å². The molecule has 0 unspecified atom stereocenters. The first-order valence-electron chi connectivity index (χ1n) is 5.21. The monoisotopic (exact) mass is 241 g/mol. The number of amides is 1. The maximum absolute atomic E-state index is 11.4. The third-order valence-electron chi connectivity index (χ3n) is 1.83. The normalized spacial score (nSPS) is 9.81. The molecule has 0 saturated carbocycles. The SMILES string of the molecule is CCCOC(=O)CCNC(=O)c1cccs1. The zero-order valence-electron chi connectivity index (χ0n) is 9.19. The number of hydrogen-bond acceptors (Lipinski definition) is 4. The second-order valence-electron chi connectivity index (χ2n) is 3.20. The van der Waals surface area contributed by atoms with Crippen LogP contribution in [0.25, 0.3) is 0 Å². The van der Waals surface area contributed by atoms with E-state index in [1.165, 1.54) is 11.3 Å². The molecule has 16 heavy (non-hydrogen) atoms. The molecular weight excluding hydrogens is 226 g/mol. The van der Waals surface area contributed by atoms with Gasteiger partial charge in [0.05, 0.1) is 17.9 Å². The van der Waals surface area contributed by atoms with Crippen molar-refractivity contribution in [1.29, 1.82) is 0 Å². The summed E-state index contributed by atoms with van der Waals surface area (Å²) in [6.07, 6.45) is 1.03. The second-order valence-corrected chi connectivity index (χ2v) is 4.15. The van der Waals surface area contributed by atoms with Gasteiger partial charge in [-0.2, -0.15) is 0 Å². The molecule has 1 amide bonds. The summed E-state index contributed by atoms with van der Waals surface area (Å²) in [6.45, 7) is 2.70. The van der Waals surface area contributed by atoms with E-state index in [-0.39, 0.29) is 18.3 Å². The van der Waals surface area contributed by atoms with E-state index in [2.05, 4.69) is 5.32 Å². The topological polar surface area (TPSA) is 55.4 Å². The maximum atomic E-state index is 11.4. The number of thiophene rings is 1. The minimum atomic E-state index is -0.270. The smallest absolute Gasteiger partial charge is 0.307 e. The summed E-state index contributed by atoms with van der Waals surface area (Å²) >= 11 is 1.38. The van der Waals surface area contributed by atoms with Crippen LogP contribution in [0.2, 0.25) is 0 Å². The molecule has 0 aromatic carbocycles. The van der Waals surface area contributed by atoms with Crippen molar-refractivity contribution in [3.05, 3.63) is 22.4 Å². The van der Waals surface area contributed by atoms with E-state index in [1.54, 1.807) is 6.07 Å². The van der Waals surface area contributed by atoms with Crippen molar-refractivity contribution in [3.8, 4) is 0 Å². The third kappa shape index (κ3) is 4.44. The molecule has 1 aromatic rings. The Labute approximate surface area is 98.6 Å². The zero-order valence-corrected chi connectivity index (χ0v) is 10.0. The molecule has 1 aromatic heterocycles. The summed E-state index contributed by atoms with van der Waals surface area (Å²) in [5.74, 6) is -0.411. The molecule has 0 saturated heterocycles. The van der Waals surface area contributed by atoms with Crippen molar-refractivity contribution in [2.45, 2.75) is 19.8 Å². The summed E-state index contributed by atoms with van der Waals surface area (Å²) in [6, 6.07) is 3.56. The number of nitrogens with one attached hydrogen (secondary N) is 1. The Kier molecular flexibility index (Phi) is 5.56. The van der Waals surface area contributed by atoms with Crippen molar-refractivity contribution >= 4 is 23.2 Å². The summed E-state index contributed by atoms with van der Waals surface area (Å²) in [5, 5.41) is 4.50. The van der Waals surface area contributed by atoms with Crippen LogP contribution >= 0.6 is 11.3 Å². The number of rotatable bonds is 6. The predicted molar refractivity (Wildman–Crippen MR) is 62.5 cm³/mol. The number of esters is 1. The maximum Gasteiger partial charge on any atom is 0.307 e. The number of carbonyl (C=O) groups is 2. The lowest BCUT2D eigenvalue weighted by molar-refractivity contribution is -0.143. The predicted octanol–water partition coefficient (Wildman–Crippen LogP) is 1.82. The fourth-order valence-corrected chi connectivity index (χ4v) is 1.70. The highest BCUT2D eigenvalue weighted by Crippen LogP contribution is 2.07. The molecule has 0 radical (unpaired) electrons. The Morgan fingerprint density at radius 1 is 1.50 bits per heavy atom. The first-order chi connectivity index (χ1) is 7.74. The third-order valence-corrected chi connectivity index (χ3v) is 2.70. The zero-order chi connectivity index (χ0) is 11.8. The van der Waals surface area contributed by atoms with Gasteiger partial charge >= 0.3 is 5.97 Å². The van der Waals surface area contributed by atoms with Crippen molar-refractivity contribution in [3.63, 3.8) is 0 Å². The minimum absolute atomic E-state index is 0.140. The van der Waals surface area contributed by atoms with Gasteiger partial charge in [0, 0.05) is 6.54 Å². The van der Waals surface area contributed by atoms with Crippen LogP contribution in [0.3, 0.4) is 0 Å². The van der Waals surface area contributed by atoms with E-state index in [0.717, 1.165) is 6.42 Å². The van der Waals surface area contributed by atoms with E-state index in [4.69, 9.17) is 4.74 Å². The average Bonchev–Trinajstić information content (AvgIpc) is 2.79. The molecule has 0 atom stereocenters. The van der Waals surface area contributed by atoms with Crippen molar-refractivity contribution in [2.24, 2.45) is 0 Å². The average molecular weight is 241 g/mol. The molecular formula is C11H15NO3S. The van der Waals surface area contributed by atoms with E-state index in [1.807, 2.05) is 18.4 Å². The van der Waals surface area contributed by atoms with E-state index < -0.39 is 0 Å². The van der Waals surface area contributed by atoms with Gasteiger partial charge in [0.15, 0.2) is 0 Å². The molecule has 4 nitrogen and oxygen atoms in total. The molecule has 0 bridgehead atoms. The first kappa shape index (κ1) is 12.7. The lowest BCUT2D eigenvalue weighted by Gasteiger charge is -2.04. The minimum Gasteiger partial charge on any atom is -0.466 e. The van der Waals surface area contributed by atoms with Crippen LogP contribution in [0.1, 0.15) is 29.4 Å². The van der Waals surface area contributed by atoms with Crippen LogP contribution in [0, 0.1) is 0 Å². The van der Waals surface area contributed by atoms with Gasteiger partial charge in [0.2, 0.25) is 0 Å². The fourth-order valence-electron chi connectivity index (χ4n) is 1.06.